The van der Waals surface area contributed by atoms with Crippen LogP contribution < -0.4 is 14.8 Å². The molecule has 0 bridgehead atoms. The van der Waals surface area contributed by atoms with Crippen LogP contribution in [0.15, 0.2) is 35.7 Å². The van der Waals surface area contributed by atoms with Crippen LogP contribution in [-0.2, 0) is 11.8 Å². The van der Waals surface area contributed by atoms with Gasteiger partial charge in [-0.3, -0.25) is 4.79 Å². The summed E-state index contributed by atoms with van der Waals surface area (Å²) in [6.07, 6.45) is 4.06. The van der Waals surface area contributed by atoms with E-state index in [0.29, 0.717) is 31.1 Å². The van der Waals surface area contributed by atoms with Gasteiger partial charge in [-0.15, -0.1) is 0 Å². The SMILES string of the molecule is Cn1ccnc1SCCC(=O)Nc1ccc2c(c1)OCCO2. The van der Waals surface area contributed by atoms with Gasteiger partial charge in [0.05, 0.1) is 0 Å². The first-order chi connectivity index (χ1) is 10.7. The molecule has 1 amide bonds. The number of aromatic nitrogens is 2. The molecule has 2 heterocycles. The highest BCUT2D eigenvalue weighted by Crippen LogP contribution is 2.32. The summed E-state index contributed by atoms with van der Waals surface area (Å²) in [4.78, 5) is 16.2. The summed E-state index contributed by atoms with van der Waals surface area (Å²) in [5.41, 5.74) is 0.719. The number of hydrogen-bond acceptors (Lipinski definition) is 5. The summed E-state index contributed by atoms with van der Waals surface area (Å²) in [7, 11) is 1.94. The number of hydrogen-bond donors (Lipinski definition) is 1. The molecule has 3 rings (SSSR count). The van der Waals surface area contributed by atoms with Crippen molar-refractivity contribution in [3.63, 3.8) is 0 Å². The molecule has 0 atom stereocenters. The highest BCUT2D eigenvalue weighted by Gasteiger charge is 2.12. The Labute approximate surface area is 132 Å². The van der Waals surface area contributed by atoms with Crippen LogP contribution in [0.1, 0.15) is 6.42 Å². The van der Waals surface area contributed by atoms with Gasteiger partial charge in [0, 0.05) is 43.4 Å². The number of carbonyl (C=O) groups excluding carboxylic acids is 1. The Morgan fingerprint density at radius 2 is 2.18 bits per heavy atom. The van der Waals surface area contributed by atoms with E-state index < -0.39 is 0 Å². The minimum Gasteiger partial charge on any atom is -0.486 e. The monoisotopic (exact) mass is 319 g/mol. The Hall–Kier alpha value is -2.15. The second-order valence-electron chi connectivity index (χ2n) is 4.83. The van der Waals surface area contributed by atoms with Gasteiger partial charge in [0.2, 0.25) is 5.91 Å². The van der Waals surface area contributed by atoms with E-state index in [2.05, 4.69) is 10.3 Å². The zero-order valence-corrected chi connectivity index (χ0v) is 13.1. The van der Waals surface area contributed by atoms with Crippen molar-refractivity contribution >= 4 is 23.4 Å². The van der Waals surface area contributed by atoms with Crippen molar-refractivity contribution in [2.45, 2.75) is 11.6 Å². The molecule has 0 fully saturated rings. The zero-order chi connectivity index (χ0) is 15.4. The Balaban J connectivity index is 1.50. The molecule has 1 aromatic heterocycles. The average Bonchev–Trinajstić information content (AvgIpc) is 2.92. The van der Waals surface area contributed by atoms with Gasteiger partial charge >= 0.3 is 0 Å². The number of fused-ring (bicyclic) bond motifs is 1. The van der Waals surface area contributed by atoms with Gasteiger partial charge in [0.25, 0.3) is 0 Å². The lowest BCUT2D eigenvalue weighted by Gasteiger charge is -2.19. The molecule has 0 saturated carbocycles. The lowest BCUT2D eigenvalue weighted by Crippen LogP contribution is -2.16. The summed E-state index contributed by atoms with van der Waals surface area (Å²) < 4.78 is 12.9. The van der Waals surface area contributed by atoms with Crippen molar-refractivity contribution in [1.82, 2.24) is 9.55 Å². The summed E-state index contributed by atoms with van der Waals surface area (Å²) in [5, 5.41) is 3.78. The van der Waals surface area contributed by atoms with Gasteiger partial charge in [-0.1, -0.05) is 11.8 Å². The number of benzene rings is 1. The lowest BCUT2D eigenvalue weighted by atomic mass is 10.2. The van der Waals surface area contributed by atoms with E-state index in [1.54, 1.807) is 24.0 Å². The minimum atomic E-state index is -0.0293. The fraction of sp³-hybridized carbons (Fsp3) is 0.333. The number of imidazole rings is 1. The normalized spacial score (nSPS) is 13.0. The van der Waals surface area contributed by atoms with Crippen LogP contribution in [-0.4, -0.2) is 34.4 Å². The molecular formula is C15H17N3O3S. The number of amides is 1. The van der Waals surface area contributed by atoms with Crippen molar-refractivity contribution in [2.24, 2.45) is 7.05 Å². The smallest absolute Gasteiger partial charge is 0.225 e. The van der Waals surface area contributed by atoms with Crippen LogP contribution >= 0.6 is 11.8 Å². The van der Waals surface area contributed by atoms with Gasteiger partial charge < -0.3 is 19.4 Å². The topological polar surface area (TPSA) is 65.4 Å². The van der Waals surface area contributed by atoms with Gasteiger partial charge in [0.1, 0.15) is 13.2 Å². The molecule has 1 N–H and O–H groups in total. The summed E-state index contributed by atoms with van der Waals surface area (Å²) >= 11 is 1.56. The predicted octanol–water partition coefficient (Wildman–Crippen LogP) is 2.31. The second kappa shape index (κ2) is 6.74. The first-order valence-corrected chi connectivity index (χ1v) is 8.00. The Bertz CT molecular complexity index is 672. The summed E-state index contributed by atoms with van der Waals surface area (Å²) in [6, 6.07) is 5.42. The van der Waals surface area contributed by atoms with Crippen LogP contribution in [0.2, 0.25) is 0 Å². The zero-order valence-electron chi connectivity index (χ0n) is 12.2. The molecule has 0 radical (unpaired) electrons. The molecule has 0 spiro atoms. The second-order valence-corrected chi connectivity index (χ2v) is 5.89. The van der Waals surface area contributed by atoms with Crippen LogP contribution in [0.5, 0.6) is 11.5 Å². The largest absolute Gasteiger partial charge is 0.486 e. The van der Waals surface area contributed by atoms with Crippen molar-refractivity contribution in [2.75, 3.05) is 24.3 Å². The molecule has 22 heavy (non-hydrogen) atoms. The minimum absolute atomic E-state index is 0.0293. The van der Waals surface area contributed by atoms with Gasteiger partial charge in [-0.2, -0.15) is 0 Å². The molecule has 6 nitrogen and oxygen atoms in total. The van der Waals surface area contributed by atoms with Gasteiger partial charge in [-0.25, -0.2) is 4.98 Å². The van der Waals surface area contributed by atoms with E-state index in [4.69, 9.17) is 9.47 Å². The summed E-state index contributed by atoms with van der Waals surface area (Å²) in [6.45, 7) is 1.09. The van der Waals surface area contributed by atoms with Crippen LogP contribution in [0.4, 0.5) is 5.69 Å². The van der Waals surface area contributed by atoms with Gasteiger partial charge in [0.15, 0.2) is 16.7 Å². The van der Waals surface area contributed by atoms with Crippen LogP contribution in [0.25, 0.3) is 0 Å². The van der Waals surface area contributed by atoms with Crippen molar-refractivity contribution < 1.29 is 14.3 Å². The predicted molar refractivity (Wildman–Crippen MR) is 84.6 cm³/mol. The first kappa shape index (κ1) is 14.8. The molecule has 116 valence electrons. The molecule has 1 aliphatic rings. The van der Waals surface area contributed by atoms with E-state index in [1.807, 2.05) is 29.9 Å². The third kappa shape index (κ3) is 3.54. The standard InChI is InChI=1S/C15H17N3O3S/c1-18-6-5-16-15(18)22-9-4-14(19)17-11-2-3-12-13(10-11)21-8-7-20-12/h2-3,5-6,10H,4,7-9H2,1H3,(H,17,19). The highest BCUT2D eigenvalue weighted by molar-refractivity contribution is 7.99. The number of rotatable bonds is 5. The molecule has 2 aromatic rings. The third-order valence-corrected chi connectivity index (χ3v) is 4.22. The first-order valence-electron chi connectivity index (χ1n) is 7.02. The molecule has 0 aliphatic carbocycles. The highest BCUT2D eigenvalue weighted by atomic mass is 32.2. The number of ether oxygens (including phenoxy) is 2. The van der Waals surface area contributed by atoms with E-state index in [-0.39, 0.29) is 5.91 Å². The van der Waals surface area contributed by atoms with Gasteiger partial charge in [-0.05, 0) is 12.1 Å². The maximum atomic E-state index is 12.0. The van der Waals surface area contributed by atoms with E-state index in [9.17, 15) is 4.79 Å². The maximum absolute atomic E-state index is 12.0. The fourth-order valence-electron chi connectivity index (χ4n) is 2.07. The number of anilines is 1. The number of nitrogens with zero attached hydrogens (tertiary/aromatic N) is 2. The molecule has 0 unspecified atom stereocenters. The Morgan fingerprint density at radius 1 is 1.36 bits per heavy atom. The molecule has 0 saturated heterocycles. The summed E-state index contributed by atoms with van der Waals surface area (Å²) in [5.74, 6) is 2.04. The molecule has 7 heteroatoms. The maximum Gasteiger partial charge on any atom is 0.225 e. The average molecular weight is 319 g/mol. The number of carbonyl (C=O) groups is 1. The molecular weight excluding hydrogens is 302 g/mol. The van der Waals surface area contributed by atoms with Crippen LogP contribution in [0, 0.1) is 0 Å². The van der Waals surface area contributed by atoms with Crippen molar-refractivity contribution in [1.29, 1.82) is 0 Å². The van der Waals surface area contributed by atoms with E-state index in [0.717, 1.165) is 16.6 Å². The Morgan fingerprint density at radius 3 is 2.95 bits per heavy atom. The number of thioether (sulfide) groups is 1. The Kier molecular flexibility index (Phi) is 4.53. The number of aryl methyl sites for hydroxylation is 1. The van der Waals surface area contributed by atoms with Crippen molar-refractivity contribution in [3.8, 4) is 11.5 Å². The lowest BCUT2D eigenvalue weighted by molar-refractivity contribution is -0.115. The third-order valence-electron chi connectivity index (χ3n) is 3.16. The van der Waals surface area contributed by atoms with Crippen LogP contribution in [0.3, 0.4) is 0 Å². The fourth-order valence-corrected chi connectivity index (χ4v) is 2.94. The van der Waals surface area contributed by atoms with E-state index >= 15 is 0 Å². The molecule has 1 aromatic carbocycles. The quantitative estimate of drug-likeness (QED) is 0.857. The van der Waals surface area contributed by atoms with Crippen molar-refractivity contribution in [3.05, 3.63) is 30.6 Å². The van der Waals surface area contributed by atoms with E-state index in [1.165, 1.54) is 0 Å². The number of nitrogens with one attached hydrogen (secondary N) is 1. The molecule has 1 aliphatic heterocycles.